The highest BCUT2D eigenvalue weighted by molar-refractivity contribution is 7.90. The molecule has 2 atom stereocenters. The molecule has 0 radical (unpaired) electrons. The van der Waals surface area contributed by atoms with Gasteiger partial charge in [-0.25, -0.2) is 13.2 Å². The molecule has 1 aromatic carbocycles. The molecule has 2 unspecified atom stereocenters. The number of hydrogen-bond donors (Lipinski definition) is 3. The second-order valence-electron chi connectivity index (χ2n) is 8.30. The average molecular weight is 498 g/mol. The smallest absolute Gasteiger partial charge is 0.328 e. The number of nitrogens with zero attached hydrogens (tertiary/aromatic N) is 1. The highest BCUT2D eigenvalue weighted by atomic mass is 32.2. The Labute approximate surface area is 198 Å². The van der Waals surface area contributed by atoms with Crippen molar-refractivity contribution in [1.82, 2.24) is 10.2 Å². The van der Waals surface area contributed by atoms with E-state index in [0.717, 1.165) is 11.2 Å². The van der Waals surface area contributed by atoms with Gasteiger partial charge in [0, 0.05) is 18.5 Å². The van der Waals surface area contributed by atoms with E-state index in [0.29, 0.717) is 5.69 Å². The molecule has 188 valence electrons. The number of urea groups is 1. The van der Waals surface area contributed by atoms with Crippen molar-refractivity contribution < 1.29 is 37.5 Å². The summed E-state index contributed by atoms with van der Waals surface area (Å²) in [6.07, 6.45) is 0.600. The number of hydrogen-bond acceptors (Lipinski definition) is 7. The molecular weight excluding hydrogens is 466 g/mol. The number of amides is 4. The van der Waals surface area contributed by atoms with Gasteiger partial charge in [0.2, 0.25) is 11.8 Å². The first-order valence-electron chi connectivity index (χ1n) is 10.7. The Hall–Kier alpha value is -3.28. The number of carbonyl (C=O) groups is 5. The molecule has 0 fully saturated rings. The van der Waals surface area contributed by atoms with Crippen molar-refractivity contribution in [3.8, 4) is 0 Å². The SMILES string of the molecule is CC(C)CC(C(=O)NC(C=O)CC(=O)O)C(=O)N(CCCS(C)(=O)=O)C(=O)Nc1ccccc1. The van der Waals surface area contributed by atoms with Gasteiger partial charge in [-0.05, 0) is 30.9 Å². The molecule has 0 aliphatic carbocycles. The number of anilines is 1. The Morgan fingerprint density at radius 2 is 1.74 bits per heavy atom. The van der Waals surface area contributed by atoms with Crippen molar-refractivity contribution in [1.29, 1.82) is 0 Å². The number of aliphatic carboxylic acids is 1. The summed E-state index contributed by atoms with van der Waals surface area (Å²) in [5.74, 6) is -4.91. The van der Waals surface area contributed by atoms with E-state index in [4.69, 9.17) is 5.11 Å². The summed E-state index contributed by atoms with van der Waals surface area (Å²) < 4.78 is 23.0. The third-order valence-corrected chi connectivity index (χ3v) is 5.67. The van der Waals surface area contributed by atoms with Crippen LogP contribution < -0.4 is 10.6 Å². The van der Waals surface area contributed by atoms with Gasteiger partial charge in [0.1, 0.15) is 22.0 Å². The van der Waals surface area contributed by atoms with Crippen molar-refractivity contribution in [2.75, 3.05) is 23.9 Å². The van der Waals surface area contributed by atoms with E-state index >= 15 is 0 Å². The molecule has 0 bridgehead atoms. The minimum atomic E-state index is -3.36. The molecule has 11 nitrogen and oxygen atoms in total. The number of carbonyl (C=O) groups excluding carboxylic acids is 4. The summed E-state index contributed by atoms with van der Waals surface area (Å²) >= 11 is 0. The molecule has 0 saturated carbocycles. The third kappa shape index (κ3) is 10.6. The fourth-order valence-corrected chi connectivity index (χ4v) is 3.75. The largest absolute Gasteiger partial charge is 0.481 e. The molecule has 0 saturated heterocycles. The Morgan fingerprint density at radius 1 is 1.12 bits per heavy atom. The van der Waals surface area contributed by atoms with Crippen LogP contribution in [0.2, 0.25) is 0 Å². The molecule has 0 aromatic heterocycles. The molecule has 4 amide bonds. The van der Waals surface area contributed by atoms with Gasteiger partial charge in [-0.3, -0.25) is 19.3 Å². The van der Waals surface area contributed by atoms with Crippen LogP contribution in [0.15, 0.2) is 30.3 Å². The van der Waals surface area contributed by atoms with Crippen LogP contribution in [-0.2, 0) is 29.0 Å². The van der Waals surface area contributed by atoms with Crippen LogP contribution in [0.4, 0.5) is 10.5 Å². The Kier molecular flexibility index (Phi) is 11.4. The van der Waals surface area contributed by atoms with E-state index in [1.807, 2.05) is 0 Å². The number of imide groups is 1. The second kappa shape index (κ2) is 13.4. The predicted molar refractivity (Wildman–Crippen MR) is 125 cm³/mol. The third-order valence-electron chi connectivity index (χ3n) is 4.64. The lowest BCUT2D eigenvalue weighted by atomic mass is 9.94. The van der Waals surface area contributed by atoms with E-state index in [1.54, 1.807) is 44.2 Å². The first-order chi connectivity index (χ1) is 15.8. The zero-order chi connectivity index (χ0) is 25.9. The van der Waals surface area contributed by atoms with Crippen molar-refractivity contribution in [3.05, 3.63) is 30.3 Å². The lowest BCUT2D eigenvalue weighted by molar-refractivity contribution is -0.142. The summed E-state index contributed by atoms with van der Waals surface area (Å²) in [6, 6.07) is 6.07. The highest BCUT2D eigenvalue weighted by Gasteiger charge is 2.35. The van der Waals surface area contributed by atoms with Crippen LogP contribution in [0.5, 0.6) is 0 Å². The van der Waals surface area contributed by atoms with Gasteiger partial charge in [0.05, 0.1) is 18.2 Å². The molecule has 0 heterocycles. The number of carboxylic acid groups (broad SMARTS) is 1. The number of sulfone groups is 1. The summed E-state index contributed by atoms with van der Waals surface area (Å²) in [7, 11) is -3.36. The summed E-state index contributed by atoms with van der Waals surface area (Å²) in [4.78, 5) is 62.0. The van der Waals surface area contributed by atoms with Gasteiger partial charge >= 0.3 is 12.0 Å². The fourth-order valence-electron chi connectivity index (χ4n) is 3.09. The quantitative estimate of drug-likeness (QED) is 0.271. The number of para-hydroxylation sites is 1. The minimum absolute atomic E-state index is 0.0184. The van der Waals surface area contributed by atoms with E-state index in [9.17, 15) is 32.4 Å². The van der Waals surface area contributed by atoms with Gasteiger partial charge < -0.3 is 20.5 Å². The van der Waals surface area contributed by atoms with E-state index in [1.165, 1.54) is 0 Å². The minimum Gasteiger partial charge on any atom is -0.481 e. The maximum atomic E-state index is 13.3. The van der Waals surface area contributed by atoms with Crippen LogP contribution in [0.3, 0.4) is 0 Å². The Bertz CT molecular complexity index is 979. The lowest BCUT2D eigenvalue weighted by Crippen LogP contribution is -2.50. The maximum Gasteiger partial charge on any atom is 0.328 e. The fraction of sp³-hybridized carbons (Fsp3) is 0.500. The van der Waals surface area contributed by atoms with Crippen LogP contribution in [0, 0.1) is 11.8 Å². The molecular formula is C22H31N3O8S. The number of carboxylic acids is 1. The molecule has 0 aliphatic rings. The lowest BCUT2D eigenvalue weighted by Gasteiger charge is -2.27. The van der Waals surface area contributed by atoms with E-state index in [-0.39, 0.29) is 37.3 Å². The molecule has 0 spiro atoms. The molecule has 34 heavy (non-hydrogen) atoms. The monoisotopic (exact) mass is 497 g/mol. The Balaban J connectivity index is 3.18. The van der Waals surface area contributed by atoms with Gasteiger partial charge in [-0.15, -0.1) is 0 Å². The molecule has 3 N–H and O–H groups in total. The maximum absolute atomic E-state index is 13.3. The Morgan fingerprint density at radius 3 is 2.24 bits per heavy atom. The normalized spacial score (nSPS) is 12.9. The van der Waals surface area contributed by atoms with Crippen molar-refractivity contribution in [2.45, 2.75) is 39.2 Å². The van der Waals surface area contributed by atoms with Crippen LogP contribution in [-0.4, -0.2) is 73.1 Å². The standard InChI is InChI=1S/C22H31N3O8S/c1-15(2)12-18(20(29)23-17(14-26)13-19(27)28)21(30)25(10-7-11-34(3,32)33)22(31)24-16-8-5-4-6-9-16/h4-6,8-9,14-15,17-18H,7,10-13H2,1-3H3,(H,23,29)(H,24,31)(H,27,28). The zero-order valence-electron chi connectivity index (χ0n) is 19.4. The topological polar surface area (TPSA) is 167 Å². The summed E-state index contributed by atoms with van der Waals surface area (Å²) in [6.45, 7) is 3.23. The van der Waals surface area contributed by atoms with Gasteiger partial charge in [-0.2, -0.15) is 0 Å². The number of rotatable bonds is 13. The number of aldehydes is 1. The summed E-state index contributed by atoms with van der Waals surface area (Å²) in [5, 5.41) is 13.7. The molecule has 1 rings (SSSR count). The molecule has 0 aliphatic heterocycles. The predicted octanol–water partition coefficient (Wildman–Crippen LogP) is 1.30. The first-order valence-corrected chi connectivity index (χ1v) is 12.7. The number of nitrogens with one attached hydrogen (secondary N) is 2. The van der Waals surface area contributed by atoms with Crippen molar-refractivity contribution in [3.63, 3.8) is 0 Å². The summed E-state index contributed by atoms with van der Waals surface area (Å²) in [5.41, 5.74) is 0.390. The van der Waals surface area contributed by atoms with Crippen molar-refractivity contribution >= 4 is 45.6 Å². The zero-order valence-corrected chi connectivity index (χ0v) is 20.2. The van der Waals surface area contributed by atoms with Gasteiger partial charge in [0.15, 0.2) is 0 Å². The van der Waals surface area contributed by atoms with Crippen molar-refractivity contribution in [2.24, 2.45) is 11.8 Å². The molecule has 12 heteroatoms. The van der Waals surface area contributed by atoms with Gasteiger partial charge in [-0.1, -0.05) is 32.0 Å². The van der Waals surface area contributed by atoms with Crippen LogP contribution >= 0.6 is 0 Å². The number of benzene rings is 1. The van der Waals surface area contributed by atoms with Gasteiger partial charge in [0.25, 0.3) is 0 Å². The first kappa shape index (κ1) is 28.8. The highest BCUT2D eigenvalue weighted by Crippen LogP contribution is 2.18. The van der Waals surface area contributed by atoms with Crippen LogP contribution in [0.25, 0.3) is 0 Å². The van der Waals surface area contributed by atoms with Crippen LogP contribution in [0.1, 0.15) is 33.1 Å². The second-order valence-corrected chi connectivity index (χ2v) is 10.6. The van der Waals surface area contributed by atoms with E-state index in [2.05, 4.69) is 10.6 Å². The van der Waals surface area contributed by atoms with E-state index < -0.39 is 52.0 Å². The molecule has 1 aromatic rings. The average Bonchev–Trinajstić information content (AvgIpc) is 2.73.